The summed E-state index contributed by atoms with van der Waals surface area (Å²) in [5.41, 5.74) is 1.69. The van der Waals surface area contributed by atoms with Gasteiger partial charge in [-0.1, -0.05) is 42.5 Å². The molecule has 0 aliphatic carbocycles. The summed E-state index contributed by atoms with van der Waals surface area (Å²) in [6.07, 6.45) is 1.56. The normalized spacial score (nSPS) is 15.3. The molecule has 1 heterocycles. The molecule has 0 bridgehead atoms. The monoisotopic (exact) mass is 444 g/mol. The van der Waals surface area contributed by atoms with Crippen molar-refractivity contribution < 1.29 is 19.1 Å². The van der Waals surface area contributed by atoms with Crippen molar-refractivity contribution in [1.82, 2.24) is 0 Å². The van der Waals surface area contributed by atoms with E-state index in [0.29, 0.717) is 28.4 Å². The van der Waals surface area contributed by atoms with Gasteiger partial charge in [0.2, 0.25) is 0 Å². The van der Waals surface area contributed by atoms with Crippen molar-refractivity contribution in [3.05, 3.63) is 90.0 Å². The quantitative estimate of drug-likeness (QED) is 0.331. The van der Waals surface area contributed by atoms with Crippen LogP contribution in [-0.4, -0.2) is 31.1 Å². The lowest BCUT2D eigenvalue weighted by molar-refractivity contribution is -0.120. The van der Waals surface area contributed by atoms with Gasteiger partial charge in [0.25, 0.3) is 11.8 Å². The largest absolute Gasteiger partial charge is 0.497 e. The van der Waals surface area contributed by atoms with Gasteiger partial charge in [0.05, 0.1) is 25.6 Å². The van der Waals surface area contributed by atoms with Crippen molar-refractivity contribution in [3.63, 3.8) is 0 Å². The molecular weight excluding hydrogens is 424 g/mol. The van der Waals surface area contributed by atoms with Gasteiger partial charge in [-0.2, -0.15) is 0 Å². The number of thiocarbonyl (C=S) groups is 1. The minimum atomic E-state index is -0.521. The van der Waals surface area contributed by atoms with Crippen LogP contribution >= 0.6 is 12.2 Å². The second-order valence-corrected chi connectivity index (χ2v) is 7.27. The number of anilines is 2. The number of methoxy groups -OCH3 is 2. The number of nitrogens with zero attached hydrogens (tertiary/aromatic N) is 2. The van der Waals surface area contributed by atoms with Gasteiger partial charge in [-0.05, 0) is 60.3 Å². The number of para-hydroxylation sites is 3. The lowest BCUT2D eigenvalue weighted by Crippen LogP contribution is -2.57. The molecule has 7 heteroatoms. The first-order valence-electron chi connectivity index (χ1n) is 9.82. The Bertz CT molecular complexity index is 1210. The van der Waals surface area contributed by atoms with Gasteiger partial charge in [0, 0.05) is 0 Å². The third-order valence-corrected chi connectivity index (χ3v) is 5.38. The van der Waals surface area contributed by atoms with Gasteiger partial charge in [-0.25, -0.2) is 4.90 Å². The molecule has 1 aliphatic heterocycles. The number of amides is 2. The third-order valence-electron chi connectivity index (χ3n) is 5.02. The molecule has 0 aromatic heterocycles. The second-order valence-electron chi connectivity index (χ2n) is 6.90. The third kappa shape index (κ3) is 3.86. The van der Waals surface area contributed by atoms with E-state index in [1.54, 1.807) is 73.8 Å². The summed E-state index contributed by atoms with van der Waals surface area (Å²) in [5, 5.41) is 0.0579. The Morgan fingerprint density at radius 3 is 2.03 bits per heavy atom. The van der Waals surface area contributed by atoms with Gasteiger partial charge < -0.3 is 9.47 Å². The van der Waals surface area contributed by atoms with Crippen LogP contribution in [-0.2, 0) is 9.59 Å². The second kappa shape index (κ2) is 9.03. The van der Waals surface area contributed by atoms with E-state index in [4.69, 9.17) is 21.7 Å². The molecule has 0 saturated carbocycles. The highest BCUT2D eigenvalue weighted by Gasteiger charge is 2.42. The molecule has 1 saturated heterocycles. The molecule has 0 atom stereocenters. The van der Waals surface area contributed by atoms with Crippen LogP contribution in [0.3, 0.4) is 0 Å². The van der Waals surface area contributed by atoms with Crippen LogP contribution in [0.4, 0.5) is 11.4 Å². The fraction of sp³-hybridized carbons (Fsp3) is 0.0800. The first kappa shape index (κ1) is 21.3. The summed E-state index contributed by atoms with van der Waals surface area (Å²) < 4.78 is 10.6. The Morgan fingerprint density at radius 2 is 1.38 bits per heavy atom. The van der Waals surface area contributed by atoms with E-state index in [0.717, 1.165) is 0 Å². The lowest BCUT2D eigenvalue weighted by Gasteiger charge is -2.37. The van der Waals surface area contributed by atoms with Gasteiger partial charge >= 0.3 is 0 Å². The average molecular weight is 445 g/mol. The zero-order valence-electron chi connectivity index (χ0n) is 17.5. The molecule has 0 N–H and O–H groups in total. The summed E-state index contributed by atoms with van der Waals surface area (Å²) in [7, 11) is 3.09. The maximum absolute atomic E-state index is 13.6. The highest BCUT2D eigenvalue weighted by atomic mass is 32.1. The predicted octanol–water partition coefficient (Wildman–Crippen LogP) is 4.45. The first-order chi connectivity index (χ1) is 15.5. The number of ether oxygens (including phenoxy) is 2. The molecule has 0 unspecified atom stereocenters. The topological polar surface area (TPSA) is 59.1 Å². The Balaban J connectivity index is 1.87. The number of hydrogen-bond acceptors (Lipinski definition) is 5. The number of hydrogen-bond donors (Lipinski definition) is 0. The van der Waals surface area contributed by atoms with Crippen molar-refractivity contribution in [1.29, 1.82) is 0 Å². The van der Waals surface area contributed by atoms with E-state index in [2.05, 4.69) is 0 Å². The van der Waals surface area contributed by atoms with E-state index in [1.165, 1.54) is 16.9 Å². The van der Waals surface area contributed by atoms with Gasteiger partial charge in [-0.3, -0.25) is 14.5 Å². The van der Waals surface area contributed by atoms with Crippen LogP contribution in [0, 0.1) is 0 Å². The number of carbonyl (C=O) groups excluding carboxylic acids is 2. The van der Waals surface area contributed by atoms with Crippen molar-refractivity contribution in [2.75, 3.05) is 24.0 Å². The van der Waals surface area contributed by atoms with E-state index in [-0.39, 0.29) is 10.7 Å². The van der Waals surface area contributed by atoms with Crippen LogP contribution in [0.15, 0.2) is 84.4 Å². The molecule has 2 amide bonds. The van der Waals surface area contributed by atoms with Crippen LogP contribution in [0.25, 0.3) is 6.08 Å². The standard InChI is InChI=1S/C25H20N2O4S/c1-30-19-14-12-17(13-15-19)16-20-23(28)26(18-8-4-3-5-9-18)25(32)27(24(20)29)21-10-6-7-11-22(21)31-2/h3-16H,1-2H3. The zero-order chi connectivity index (χ0) is 22.7. The van der Waals surface area contributed by atoms with Gasteiger partial charge in [0.1, 0.15) is 17.1 Å². The molecule has 3 aromatic carbocycles. The SMILES string of the molecule is COc1ccc(C=C2C(=O)N(c3ccccc3)C(=S)N(c3ccccc3OC)C2=O)cc1. The van der Waals surface area contributed by atoms with Gasteiger partial charge in [-0.15, -0.1) is 0 Å². The van der Waals surface area contributed by atoms with Crippen molar-refractivity contribution in [3.8, 4) is 11.5 Å². The number of benzene rings is 3. The highest BCUT2D eigenvalue weighted by Crippen LogP contribution is 2.34. The Hall–Kier alpha value is -3.97. The Labute approximate surface area is 191 Å². The average Bonchev–Trinajstić information content (AvgIpc) is 2.83. The Morgan fingerprint density at radius 1 is 0.750 bits per heavy atom. The maximum Gasteiger partial charge on any atom is 0.270 e. The summed E-state index contributed by atoms with van der Waals surface area (Å²) in [6.45, 7) is 0. The van der Waals surface area contributed by atoms with Crippen LogP contribution in [0.2, 0.25) is 0 Å². The number of rotatable bonds is 5. The van der Waals surface area contributed by atoms with Crippen molar-refractivity contribution in [2.24, 2.45) is 0 Å². The van der Waals surface area contributed by atoms with Crippen molar-refractivity contribution in [2.45, 2.75) is 0 Å². The van der Waals surface area contributed by atoms with E-state index >= 15 is 0 Å². The number of carbonyl (C=O) groups is 2. The minimum absolute atomic E-state index is 0.0153. The molecular formula is C25H20N2O4S. The molecule has 3 aromatic rings. The molecule has 1 fully saturated rings. The molecule has 1 aliphatic rings. The fourth-order valence-corrected chi connectivity index (χ4v) is 3.80. The van der Waals surface area contributed by atoms with Gasteiger partial charge in [0.15, 0.2) is 5.11 Å². The summed E-state index contributed by atoms with van der Waals surface area (Å²) in [6, 6.07) is 23.1. The first-order valence-corrected chi connectivity index (χ1v) is 10.2. The summed E-state index contributed by atoms with van der Waals surface area (Å²) in [5.74, 6) is 0.131. The fourth-order valence-electron chi connectivity index (χ4n) is 3.43. The summed E-state index contributed by atoms with van der Waals surface area (Å²) >= 11 is 5.64. The molecule has 0 radical (unpaired) electrons. The van der Waals surface area contributed by atoms with Crippen molar-refractivity contribution >= 4 is 46.6 Å². The van der Waals surface area contributed by atoms with E-state index < -0.39 is 11.8 Å². The molecule has 4 rings (SSSR count). The Kier molecular flexibility index (Phi) is 6.00. The molecule has 160 valence electrons. The molecule has 6 nitrogen and oxygen atoms in total. The lowest BCUT2D eigenvalue weighted by atomic mass is 10.0. The zero-order valence-corrected chi connectivity index (χ0v) is 18.3. The van der Waals surface area contributed by atoms with Crippen LogP contribution in [0.1, 0.15) is 5.56 Å². The molecule has 32 heavy (non-hydrogen) atoms. The van der Waals surface area contributed by atoms with Crippen LogP contribution < -0.4 is 19.3 Å². The summed E-state index contributed by atoms with van der Waals surface area (Å²) in [4.78, 5) is 29.7. The molecule has 0 spiro atoms. The van der Waals surface area contributed by atoms with E-state index in [1.807, 2.05) is 18.2 Å². The van der Waals surface area contributed by atoms with E-state index in [9.17, 15) is 9.59 Å². The van der Waals surface area contributed by atoms with Crippen LogP contribution in [0.5, 0.6) is 11.5 Å². The predicted molar refractivity (Wildman–Crippen MR) is 128 cm³/mol. The maximum atomic E-state index is 13.6. The minimum Gasteiger partial charge on any atom is -0.497 e. The smallest absolute Gasteiger partial charge is 0.270 e. The highest BCUT2D eigenvalue weighted by molar-refractivity contribution is 7.81.